The molecule has 0 aliphatic heterocycles. The van der Waals surface area contributed by atoms with Crippen molar-refractivity contribution >= 4 is 28.4 Å². The normalized spacial score (nSPS) is 11.3. The molecular weight excluding hydrogens is 240 g/mol. The fourth-order valence-corrected chi connectivity index (χ4v) is 1.70. The molecule has 0 atom stereocenters. The second-order valence-corrected chi connectivity index (χ2v) is 4.46. The minimum absolute atomic E-state index is 0.0203. The lowest BCUT2D eigenvalue weighted by Gasteiger charge is -2.04. The highest BCUT2D eigenvalue weighted by Crippen LogP contribution is 2.26. The van der Waals surface area contributed by atoms with Gasteiger partial charge in [0.25, 0.3) is 0 Å². The first-order valence-corrected chi connectivity index (χ1v) is 5.78. The molecule has 0 unspecified atom stereocenters. The van der Waals surface area contributed by atoms with E-state index in [2.05, 4.69) is 0 Å². The van der Waals surface area contributed by atoms with Crippen molar-refractivity contribution in [3.05, 3.63) is 35.0 Å². The molecular formula is C13H13ClO3. The standard InChI is InChI=1S/C13H13ClO3/c1-8(2)16-7-11(15)12-6-9-4-3-5-10(14)13(9)17-12/h3-6,8H,7H2,1-2H3. The summed E-state index contributed by atoms with van der Waals surface area (Å²) in [6, 6.07) is 7.09. The van der Waals surface area contributed by atoms with Crippen LogP contribution < -0.4 is 0 Å². The maximum atomic E-state index is 11.8. The molecule has 1 heterocycles. The second-order valence-electron chi connectivity index (χ2n) is 4.05. The maximum Gasteiger partial charge on any atom is 0.223 e. The fraction of sp³-hybridized carbons (Fsp3) is 0.308. The van der Waals surface area contributed by atoms with Gasteiger partial charge in [0.2, 0.25) is 5.78 Å². The number of rotatable bonds is 4. The van der Waals surface area contributed by atoms with Gasteiger partial charge in [0, 0.05) is 5.39 Å². The van der Waals surface area contributed by atoms with E-state index in [4.69, 9.17) is 20.8 Å². The lowest BCUT2D eigenvalue weighted by atomic mass is 10.2. The fourth-order valence-electron chi connectivity index (χ4n) is 1.48. The third-order valence-electron chi connectivity index (χ3n) is 2.32. The Morgan fingerprint density at radius 2 is 2.24 bits per heavy atom. The van der Waals surface area contributed by atoms with Gasteiger partial charge in [-0.2, -0.15) is 0 Å². The third kappa shape index (κ3) is 2.68. The predicted molar refractivity (Wildman–Crippen MR) is 66.6 cm³/mol. The van der Waals surface area contributed by atoms with Crippen molar-refractivity contribution in [3.8, 4) is 0 Å². The van der Waals surface area contributed by atoms with Gasteiger partial charge in [-0.15, -0.1) is 0 Å². The number of Topliss-reactive ketones (excluding diaryl/α,β-unsaturated/α-hetero) is 1. The molecule has 0 bridgehead atoms. The molecule has 0 aliphatic rings. The van der Waals surface area contributed by atoms with Crippen molar-refractivity contribution in [2.75, 3.05) is 6.61 Å². The molecule has 0 radical (unpaired) electrons. The number of furan rings is 1. The van der Waals surface area contributed by atoms with Crippen LogP contribution in [0.3, 0.4) is 0 Å². The quantitative estimate of drug-likeness (QED) is 0.779. The van der Waals surface area contributed by atoms with Gasteiger partial charge in [-0.1, -0.05) is 23.7 Å². The smallest absolute Gasteiger partial charge is 0.223 e. The van der Waals surface area contributed by atoms with Crippen LogP contribution >= 0.6 is 11.6 Å². The third-order valence-corrected chi connectivity index (χ3v) is 2.62. The average molecular weight is 253 g/mol. The molecule has 0 amide bonds. The average Bonchev–Trinajstić information content (AvgIpc) is 2.71. The van der Waals surface area contributed by atoms with Crippen LogP contribution in [0.1, 0.15) is 24.4 Å². The summed E-state index contributed by atoms with van der Waals surface area (Å²) in [7, 11) is 0. The summed E-state index contributed by atoms with van der Waals surface area (Å²) in [4.78, 5) is 11.8. The van der Waals surface area contributed by atoms with Crippen LogP contribution in [0, 0.1) is 0 Å². The number of halogens is 1. The number of carbonyl (C=O) groups is 1. The van der Waals surface area contributed by atoms with Crippen LogP contribution in [-0.2, 0) is 4.74 Å². The van der Waals surface area contributed by atoms with Crippen LogP contribution in [0.15, 0.2) is 28.7 Å². The molecule has 1 aromatic heterocycles. The van der Waals surface area contributed by atoms with Gasteiger partial charge >= 0.3 is 0 Å². The minimum Gasteiger partial charge on any atom is -0.451 e. The molecule has 1 aromatic carbocycles. The number of carbonyl (C=O) groups excluding carboxylic acids is 1. The zero-order valence-electron chi connectivity index (χ0n) is 9.70. The lowest BCUT2D eigenvalue weighted by Crippen LogP contribution is -2.12. The Bertz CT molecular complexity index is 543. The Labute approximate surface area is 104 Å². The molecule has 4 heteroatoms. The first-order valence-electron chi connectivity index (χ1n) is 5.41. The van der Waals surface area contributed by atoms with E-state index in [0.29, 0.717) is 10.6 Å². The summed E-state index contributed by atoms with van der Waals surface area (Å²) in [5, 5.41) is 1.33. The molecule has 2 aromatic rings. The van der Waals surface area contributed by atoms with Crippen molar-refractivity contribution in [3.63, 3.8) is 0 Å². The van der Waals surface area contributed by atoms with Crippen molar-refractivity contribution in [1.82, 2.24) is 0 Å². The Hall–Kier alpha value is -1.32. The highest BCUT2D eigenvalue weighted by molar-refractivity contribution is 6.34. The zero-order valence-corrected chi connectivity index (χ0v) is 10.5. The van der Waals surface area contributed by atoms with E-state index in [0.717, 1.165) is 5.39 Å². The van der Waals surface area contributed by atoms with E-state index in [1.165, 1.54) is 0 Å². The van der Waals surface area contributed by atoms with Crippen LogP contribution in [0.2, 0.25) is 5.02 Å². The van der Waals surface area contributed by atoms with Crippen LogP contribution in [0.5, 0.6) is 0 Å². The van der Waals surface area contributed by atoms with Gasteiger partial charge < -0.3 is 9.15 Å². The number of fused-ring (bicyclic) bond motifs is 1. The molecule has 17 heavy (non-hydrogen) atoms. The molecule has 2 rings (SSSR count). The molecule has 0 aliphatic carbocycles. The van der Waals surface area contributed by atoms with E-state index >= 15 is 0 Å². The Morgan fingerprint density at radius 3 is 2.88 bits per heavy atom. The SMILES string of the molecule is CC(C)OCC(=O)c1cc2cccc(Cl)c2o1. The van der Waals surface area contributed by atoms with Crippen LogP contribution in [0.25, 0.3) is 11.0 Å². The van der Waals surface area contributed by atoms with Crippen molar-refractivity contribution < 1.29 is 13.9 Å². The number of para-hydroxylation sites is 1. The molecule has 0 saturated carbocycles. The number of ether oxygens (including phenoxy) is 1. The maximum absolute atomic E-state index is 11.8. The molecule has 0 spiro atoms. The first-order chi connectivity index (χ1) is 8.08. The van der Waals surface area contributed by atoms with E-state index < -0.39 is 0 Å². The summed E-state index contributed by atoms with van der Waals surface area (Å²) in [6.45, 7) is 3.78. The number of benzene rings is 1. The van der Waals surface area contributed by atoms with E-state index in [1.54, 1.807) is 12.1 Å². The Morgan fingerprint density at radius 1 is 1.47 bits per heavy atom. The zero-order chi connectivity index (χ0) is 12.4. The van der Waals surface area contributed by atoms with E-state index in [1.807, 2.05) is 26.0 Å². The van der Waals surface area contributed by atoms with Gasteiger partial charge in [0.15, 0.2) is 11.3 Å². The minimum atomic E-state index is -0.175. The topological polar surface area (TPSA) is 39.4 Å². The summed E-state index contributed by atoms with van der Waals surface area (Å²) >= 11 is 5.97. The van der Waals surface area contributed by atoms with Crippen molar-refractivity contribution in [1.29, 1.82) is 0 Å². The summed E-state index contributed by atoms with van der Waals surface area (Å²) in [5.74, 6) is 0.111. The molecule has 3 nitrogen and oxygen atoms in total. The highest BCUT2D eigenvalue weighted by Gasteiger charge is 2.14. The molecule has 90 valence electrons. The Balaban J connectivity index is 2.24. The van der Waals surface area contributed by atoms with Gasteiger partial charge in [-0.05, 0) is 26.0 Å². The number of hydrogen-bond acceptors (Lipinski definition) is 3. The Kier molecular flexibility index (Phi) is 3.50. The molecule has 0 fully saturated rings. The molecule has 0 N–H and O–H groups in total. The number of ketones is 1. The molecule has 0 saturated heterocycles. The summed E-state index contributed by atoms with van der Waals surface area (Å²) in [5.41, 5.74) is 0.544. The number of hydrogen-bond donors (Lipinski definition) is 0. The van der Waals surface area contributed by atoms with Crippen LogP contribution in [0.4, 0.5) is 0 Å². The lowest BCUT2D eigenvalue weighted by molar-refractivity contribution is 0.0564. The van der Waals surface area contributed by atoms with E-state index in [-0.39, 0.29) is 24.3 Å². The second kappa shape index (κ2) is 4.90. The summed E-state index contributed by atoms with van der Waals surface area (Å²) in [6.07, 6.45) is 0.0203. The summed E-state index contributed by atoms with van der Waals surface area (Å²) < 4.78 is 10.7. The largest absolute Gasteiger partial charge is 0.451 e. The van der Waals surface area contributed by atoms with Gasteiger partial charge in [0.05, 0.1) is 11.1 Å². The van der Waals surface area contributed by atoms with Crippen molar-refractivity contribution in [2.45, 2.75) is 20.0 Å². The van der Waals surface area contributed by atoms with Crippen LogP contribution in [-0.4, -0.2) is 18.5 Å². The predicted octanol–water partition coefficient (Wildman–Crippen LogP) is 3.69. The first kappa shape index (κ1) is 12.1. The highest BCUT2D eigenvalue weighted by atomic mass is 35.5. The van der Waals surface area contributed by atoms with Gasteiger partial charge in [-0.25, -0.2) is 0 Å². The van der Waals surface area contributed by atoms with Gasteiger partial charge in [0.1, 0.15) is 6.61 Å². The van der Waals surface area contributed by atoms with Crippen molar-refractivity contribution in [2.24, 2.45) is 0 Å². The monoisotopic (exact) mass is 252 g/mol. The van der Waals surface area contributed by atoms with E-state index in [9.17, 15) is 4.79 Å². The van der Waals surface area contributed by atoms with Gasteiger partial charge in [-0.3, -0.25) is 4.79 Å².